The van der Waals surface area contributed by atoms with Crippen molar-refractivity contribution < 1.29 is 4.79 Å². The van der Waals surface area contributed by atoms with Crippen molar-refractivity contribution in [2.24, 2.45) is 0 Å². The Labute approximate surface area is 126 Å². The molecule has 1 atom stereocenters. The lowest BCUT2D eigenvalue weighted by Crippen LogP contribution is -2.18. The van der Waals surface area contributed by atoms with E-state index in [4.69, 9.17) is 23.2 Å². The topological polar surface area (TPSA) is 59.8 Å². The van der Waals surface area contributed by atoms with Crippen molar-refractivity contribution in [2.45, 2.75) is 26.3 Å². The number of nitrogens with one attached hydrogen (secondary N) is 1. The number of nitrogens with zero attached hydrogens (tertiary/aromatic N) is 3. The van der Waals surface area contributed by atoms with Gasteiger partial charge in [-0.3, -0.25) is 4.79 Å². The molecule has 0 fully saturated rings. The number of rotatable bonds is 4. The zero-order valence-corrected chi connectivity index (χ0v) is 12.6. The molecule has 106 valence electrons. The molecule has 0 aromatic carbocycles. The van der Waals surface area contributed by atoms with Crippen LogP contribution in [-0.4, -0.2) is 20.7 Å². The first-order valence-electron chi connectivity index (χ1n) is 6.19. The first-order valence-corrected chi connectivity index (χ1v) is 6.95. The Morgan fingerprint density at radius 2 is 2.15 bits per heavy atom. The number of amides is 1. The van der Waals surface area contributed by atoms with Gasteiger partial charge in [0.1, 0.15) is 16.7 Å². The van der Waals surface area contributed by atoms with Crippen LogP contribution in [0.25, 0.3) is 0 Å². The monoisotopic (exact) mass is 312 g/mol. The molecule has 1 amide bonds. The fraction of sp³-hybridized carbons (Fsp3) is 0.308. The Hall–Kier alpha value is -1.59. The van der Waals surface area contributed by atoms with Gasteiger partial charge in [-0.25, -0.2) is 9.67 Å². The first kappa shape index (κ1) is 14.8. The summed E-state index contributed by atoms with van der Waals surface area (Å²) in [5.41, 5.74) is 0.0936. The van der Waals surface area contributed by atoms with Crippen LogP contribution in [0.4, 0.5) is 5.82 Å². The van der Waals surface area contributed by atoms with E-state index in [1.807, 2.05) is 13.8 Å². The lowest BCUT2D eigenvalue weighted by Gasteiger charge is -2.14. The van der Waals surface area contributed by atoms with Gasteiger partial charge in [0.25, 0.3) is 5.91 Å². The van der Waals surface area contributed by atoms with Crippen molar-refractivity contribution in [2.75, 3.05) is 5.32 Å². The standard InChI is InChI=1S/C13H14Cl2N4O/c1-3-8(2)19-11(6-7-16-19)18-13(20)12-9(14)4-5-10(15)17-12/h4-8H,3H2,1-2H3,(H,18,20). The zero-order chi connectivity index (χ0) is 14.7. The van der Waals surface area contributed by atoms with Gasteiger partial charge in [-0.1, -0.05) is 30.1 Å². The molecular weight excluding hydrogens is 299 g/mol. The molecule has 2 rings (SSSR count). The summed E-state index contributed by atoms with van der Waals surface area (Å²) in [7, 11) is 0. The predicted octanol–water partition coefficient (Wildman–Crippen LogP) is 3.81. The van der Waals surface area contributed by atoms with Crippen molar-refractivity contribution >= 4 is 34.9 Å². The van der Waals surface area contributed by atoms with Crippen molar-refractivity contribution in [1.29, 1.82) is 0 Å². The Morgan fingerprint density at radius 1 is 1.40 bits per heavy atom. The normalized spacial score (nSPS) is 12.2. The SMILES string of the molecule is CCC(C)n1nccc1NC(=O)c1nc(Cl)ccc1Cl. The Balaban J connectivity index is 2.24. The second-order valence-corrected chi connectivity index (χ2v) is 5.13. The van der Waals surface area contributed by atoms with Crippen molar-refractivity contribution in [3.8, 4) is 0 Å². The third kappa shape index (κ3) is 3.11. The summed E-state index contributed by atoms with van der Waals surface area (Å²) in [6.07, 6.45) is 2.54. The molecule has 2 aromatic heterocycles. The second-order valence-electron chi connectivity index (χ2n) is 4.34. The maximum absolute atomic E-state index is 12.2. The lowest BCUT2D eigenvalue weighted by molar-refractivity contribution is 0.102. The van der Waals surface area contributed by atoms with Gasteiger partial charge in [-0.15, -0.1) is 0 Å². The van der Waals surface area contributed by atoms with E-state index >= 15 is 0 Å². The van der Waals surface area contributed by atoms with Crippen LogP contribution in [-0.2, 0) is 0 Å². The highest BCUT2D eigenvalue weighted by Crippen LogP contribution is 2.20. The van der Waals surface area contributed by atoms with E-state index in [0.29, 0.717) is 5.82 Å². The highest BCUT2D eigenvalue weighted by Gasteiger charge is 2.16. The third-order valence-electron chi connectivity index (χ3n) is 2.95. The van der Waals surface area contributed by atoms with Crippen molar-refractivity contribution in [1.82, 2.24) is 14.8 Å². The van der Waals surface area contributed by atoms with Crippen LogP contribution in [0.5, 0.6) is 0 Å². The van der Waals surface area contributed by atoms with E-state index in [2.05, 4.69) is 15.4 Å². The van der Waals surface area contributed by atoms with Gasteiger partial charge >= 0.3 is 0 Å². The fourth-order valence-electron chi connectivity index (χ4n) is 1.69. The van der Waals surface area contributed by atoms with Crippen LogP contribution in [0.3, 0.4) is 0 Å². The third-order valence-corrected chi connectivity index (χ3v) is 3.46. The maximum atomic E-state index is 12.2. The maximum Gasteiger partial charge on any atom is 0.277 e. The fourth-order valence-corrected chi connectivity index (χ4v) is 2.03. The summed E-state index contributed by atoms with van der Waals surface area (Å²) in [6, 6.07) is 4.98. The Morgan fingerprint density at radius 3 is 2.85 bits per heavy atom. The molecule has 0 saturated carbocycles. The van der Waals surface area contributed by atoms with Crippen LogP contribution in [0.1, 0.15) is 36.8 Å². The summed E-state index contributed by atoms with van der Waals surface area (Å²) < 4.78 is 1.75. The van der Waals surface area contributed by atoms with Crippen LogP contribution >= 0.6 is 23.2 Å². The number of pyridine rings is 1. The van der Waals surface area contributed by atoms with E-state index in [1.54, 1.807) is 16.9 Å². The van der Waals surface area contributed by atoms with Gasteiger partial charge in [0.05, 0.1) is 17.3 Å². The molecule has 0 aliphatic carbocycles. The molecular formula is C13H14Cl2N4O. The number of carbonyl (C=O) groups excluding carboxylic acids is 1. The molecule has 2 heterocycles. The summed E-state index contributed by atoms with van der Waals surface area (Å²) in [5, 5.41) is 7.41. The van der Waals surface area contributed by atoms with E-state index in [9.17, 15) is 4.79 Å². The average Bonchev–Trinajstić information content (AvgIpc) is 2.88. The molecule has 2 aromatic rings. The molecule has 0 saturated heterocycles. The van der Waals surface area contributed by atoms with E-state index < -0.39 is 5.91 Å². The number of hydrogen-bond acceptors (Lipinski definition) is 3. The predicted molar refractivity (Wildman–Crippen MR) is 79.4 cm³/mol. The molecule has 0 bridgehead atoms. The van der Waals surface area contributed by atoms with Gasteiger partial charge < -0.3 is 5.32 Å². The van der Waals surface area contributed by atoms with Gasteiger partial charge in [0.15, 0.2) is 0 Å². The summed E-state index contributed by atoms with van der Waals surface area (Å²) >= 11 is 11.7. The van der Waals surface area contributed by atoms with Crippen LogP contribution < -0.4 is 5.32 Å². The molecule has 1 unspecified atom stereocenters. The number of anilines is 1. The summed E-state index contributed by atoms with van der Waals surface area (Å²) in [4.78, 5) is 16.1. The Kier molecular flexibility index (Phi) is 4.62. The van der Waals surface area contributed by atoms with Crippen LogP contribution in [0, 0.1) is 0 Å². The highest BCUT2D eigenvalue weighted by atomic mass is 35.5. The number of hydrogen-bond donors (Lipinski definition) is 1. The number of carbonyl (C=O) groups is 1. The number of halogens is 2. The molecule has 7 heteroatoms. The molecule has 20 heavy (non-hydrogen) atoms. The smallest absolute Gasteiger partial charge is 0.277 e. The molecule has 0 spiro atoms. The van der Waals surface area contributed by atoms with Gasteiger partial charge in [0, 0.05) is 6.07 Å². The first-order chi connectivity index (χ1) is 9.52. The van der Waals surface area contributed by atoms with Crippen LogP contribution in [0.2, 0.25) is 10.2 Å². The molecule has 0 aliphatic rings. The van der Waals surface area contributed by atoms with Gasteiger partial charge in [0.2, 0.25) is 0 Å². The quantitative estimate of drug-likeness (QED) is 0.873. The highest BCUT2D eigenvalue weighted by molar-refractivity contribution is 6.35. The molecule has 5 nitrogen and oxygen atoms in total. The Bertz CT molecular complexity index is 627. The molecule has 0 radical (unpaired) electrons. The van der Waals surface area contributed by atoms with Gasteiger partial charge in [-0.05, 0) is 25.5 Å². The largest absolute Gasteiger partial charge is 0.305 e. The zero-order valence-electron chi connectivity index (χ0n) is 11.1. The lowest BCUT2D eigenvalue weighted by atomic mass is 10.3. The molecule has 1 N–H and O–H groups in total. The summed E-state index contributed by atoms with van der Waals surface area (Å²) in [5.74, 6) is 0.185. The van der Waals surface area contributed by atoms with Crippen molar-refractivity contribution in [3.05, 3.63) is 40.3 Å². The van der Waals surface area contributed by atoms with E-state index in [-0.39, 0.29) is 21.9 Å². The minimum Gasteiger partial charge on any atom is -0.305 e. The number of aromatic nitrogens is 3. The van der Waals surface area contributed by atoms with E-state index in [1.165, 1.54) is 12.1 Å². The van der Waals surface area contributed by atoms with Gasteiger partial charge in [-0.2, -0.15) is 5.10 Å². The minimum absolute atomic E-state index is 0.0936. The summed E-state index contributed by atoms with van der Waals surface area (Å²) in [6.45, 7) is 4.07. The minimum atomic E-state index is -0.414. The average molecular weight is 313 g/mol. The van der Waals surface area contributed by atoms with E-state index in [0.717, 1.165) is 6.42 Å². The van der Waals surface area contributed by atoms with Crippen LogP contribution in [0.15, 0.2) is 24.4 Å². The molecule has 0 aliphatic heterocycles. The van der Waals surface area contributed by atoms with Crippen molar-refractivity contribution in [3.63, 3.8) is 0 Å². The second kappa shape index (κ2) is 6.24.